The molecule has 1 aliphatic heterocycles. The summed E-state index contributed by atoms with van der Waals surface area (Å²) in [6.45, 7) is 2.09. The van der Waals surface area contributed by atoms with Crippen molar-refractivity contribution < 1.29 is 8.94 Å². The van der Waals surface area contributed by atoms with Crippen molar-refractivity contribution in [2.75, 3.05) is 5.32 Å². The van der Waals surface area contributed by atoms with Crippen molar-refractivity contribution in [3.05, 3.63) is 87.9 Å². The molecule has 0 amide bonds. The Morgan fingerprint density at radius 1 is 1.18 bits per heavy atom. The Bertz CT molecular complexity index is 1180. The van der Waals surface area contributed by atoms with Crippen LogP contribution in [0.3, 0.4) is 0 Å². The van der Waals surface area contributed by atoms with Crippen LogP contribution < -0.4 is 11.1 Å². The van der Waals surface area contributed by atoms with Gasteiger partial charge in [-0.05, 0) is 48.7 Å². The summed E-state index contributed by atoms with van der Waals surface area (Å²) in [6.07, 6.45) is 4.21. The zero-order valence-electron chi connectivity index (χ0n) is 15.2. The molecule has 0 fully saturated rings. The lowest BCUT2D eigenvalue weighted by molar-refractivity contribution is 0.387. The van der Waals surface area contributed by atoms with E-state index in [9.17, 15) is 4.79 Å². The number of H-pyrrole nitrogens is 1. The Morgan fingerprint density at radius 3 is 2.89 bits per heavy atom. The van der Waals surface area contributed by atoms with Gasteiger partial charge in [0.1, 0.15) is 5.69 Å². The fourth-order valence-corrected chi connectivity index (χ4v) is 3.85. The second kappa shape index (κ2) is 6.53. The van der Waals surface area contributed by atoms with E-state index >= 15 is 0 Å². The average molecular weight is 374 g/mol. The van der Waals surface area contributed by atoms with Crippen molar-refractivity contribution >= 4 is 5.69 Å². The zero-order valence-corrected chi connectivity index (χ0v) is 15.2. The van der Waals surface area contributed by atoms with Gasteiger partial charge in [0.15, 0.2) is 0 Å². The van der Waals surface area contributed by atoms with Gasteiger partial charge in [-0.1, -0.05) is 23.4 Å². The number of anilines is 1. The van der Waals surface area contributed by atoms with Gasteiger partial charge in [-0.2, -0.15) is 0 Å². The number of benzene rings is 1. The molecule has 2 N–H and O–H groups in total. The van der Waals surface area contributed by atoms with E-state index in [1.807, 2.05) is 18.2 Å². The predicted molar refractivity (Wildman–Crippen MR) is 103 cm³/mol. The molecule has 1 aliphatic rings. The monoisotopic (exact) mass is 374 g/mol. The quantitative estimate of drug-likeness (QED) is 0.564. The maximum atomic E-state index is 11.2. The molecule has 3 aromatic heterocycles. The van der Waals surface area contributed by atoms with Crippen molar-refractivity contribution in [2.24, 2.45) is 0 Å². The smallest absolute Gasteiger partial charge is 0.439 e. The number of aromatic amines is 1. The standard InChI is InChI=1S/C21H18N4O3/c1-12-5-6-15-16(19(23-18(15)9-12)13-7-8-27-11-13)10-14-3-2-4-17(22-14)20-24-21(26)28-25-20/h2-9,11,16,19,23H,10H2,1H3,(H,24,25,26). The summed E-state index contributed by atoms with van der Waals surface area (Å²) in [7, 11) is 0. The van der Waals surface area contributed by atoms with Crippen molar-refractivity contribution in [1.29, 1.82) is 0 Å². The fraction of sp³-hybridized carbons (Fsp3) is 0.190. The van der Waals surface area contributed by atoms with E-state index in [0.29, 0.717) is 11.5 Å². The van der Waals surface area contributed by atoms with Crippen LogP contribution in [0.1, 0.15) is 34.3 Å². The maximum Gasteiger partial charge on any atom is 0.439 e. The van der Waals surface area contributed by atoms with Crippen LogP contribution in [0.4, 0.5) is 5.69 Å². The van der Waals surface area contributed by atoms with E-state index in [1.165, 1.54) is 11.1 Å². The summed E-state index contributed by atoms with van der Waals surface area (Å²) < 4.78 is 9.91. The first-order valence-corrected chi connectivity index (χ1v) is 9.09. The topological polar surface area (TPSA) is 97.0 Å². The Hall–Kier alpha value is -3.61. The van der Waals surface area contributed by atoms with Gasteiger partial charge in [-0.3, -0.25) is 9.51 Å². The highest BCUT2D eigenvalue weighted by Gasteiger charge is 2.34. The van der Waals surface area contributed by atoms with Crippen molar-refractivity contribution in [3.8, 4) is 11.5 Å². The predicted octanol–water partition coefficient (Wildman–Crippen LogP) is 3.82. The molecule has 0 bridgehead atoms. The number of nitrogens with zero attached hydrogens (tertiary/aromatic N) is 2. The Labute approximate surface area is 160 Å². The Morgan fingerprint density at radius 2 is 2.11 bits per heavy atom. The summed E-state index contributed by atoms with van der Waals surface area (Å²) in [5.41, 5.74) is 6.23. The van der Waals surface area contributed by atoms with Crippen LogP contribution in [-0.4, -0.2) is 15.1 Å². The lowest BCUT2D eigenvalue weighted by atomic mass is 9.87. The van der Waals surface area contributed by atoms with Crippen LogP contribution in [0.2, 0.25) is 0 Å². The van der Waals surface area contributed by atoms with E-state index < -0.39 is 5.76 Å². The summed E-state index contributed by atoms with van der Waals surface area (Å²) >= 11 is 0. The van der Waals surface area contributed by atoms with Gasteiger partial charge in [0.05, 0.1) is 18.6 Å². The first-order chi connectivity index (χ1) is 13.7. The molecule has 7 heteroatoms. The first-order valence-electron chi connectivity index (χ1n) is 9.09. The van der Waals surface area contributed by atoms with Gasteiger partial charge in [0, 0.05) is 22.9 Å². The van der Waals surface area contributed by atoms with Gasteiger partial charge in [-0.25, -0.2) is 9.78 Å². The van der Waals surface area contributed by atoms with Crippen LogP contribution in [0, 0.1) is 6.92 Å². The summed E-state index contributed by atoms with van der Waals surface area (Å²) in [5.74, 6) is -0.0578. The highest BCUT2D eigenvalue weighted by Crippen LogP contribution is 2.46. The summed E-state index contributed by atoms with van der Waals surface area (Å²) in [4.78, 5) is 18.5. The molecule has 0 aliphatic carbocycles. The third kappa shape index (κ3) is 2.90. The summed E-state index contributed by atoms with van der Waals surface area (Å²) in [6, 6.07) is 14.3. The Balaban J connectivity index is 1.51. The molecule has 0 spiro atoms. The van der Waals surface area contributed by atoms with Gasteiger partial charge in [0.2, 0.25) is 5.82 Å². The minimum Gasteiger partial charge on any atom is -0.472 e. The molecule has 0 saturated carbocycles. The molecule has 5 rings (SSSR count). The molecule has 1 aromatic carbocycles. The van der Waals surface area contributed by atoms with E-state index in [4.69, 9.17) is 4.42 Å². The molecule has 4 aromatic rings. The fourth-order valence-electron chi connectivity index (χ4n) is 3.85. The lowest BCUT2D eigenvalue weighted by Gasteiger charge is -2.19. The van der Waals surface area contributed by atoms with Crippen LogP contribution in [0.15, 0.2) is 68.7 Å². The highest BCUT2D eigenvalue weighted by molar-refractivity contribution is 5.62. The third-order valence-electron chi connectivity index (χ3n) is 5.14. The van der Waals surface area contributed by atoms with Gasteiger partial charge in [0.25, 0.3) is 0 Å². The lowest BCUT2D eigenvalue weighted by Crippen LogP contribution is -2.14. The van der Waals surface area contributed by atoms with E-state index in [-0.39, 0.29) is 12.0 Å². The molecule has 0 radical (unpaired) electrons. The number of furan rings is 1. The number of pyridine rings is 1. The second-order valence-electron chi connectivity index (χ2n) is 7.04. The summed E-state index contributed by atoms with van der Waals surface area (Å²) in [5, 5.41) is 7.36. The Kier molecular flexibility index (Phi) is 3.86. The molecule has 0 saturated heterocycles. The number of nitrogens with one attached hydrogen (secondary N) is 2. The maximum absolute atomic E-state index is 11.2. The molecule has 4 heterocycles. The number of hydrogen-bond acceptors (Lipinski definition) is 6. The van der Waals surface area contributed by atoms with Crippen molar-refractivity contribution in [2.45, 2.75) is 25.3 Å². The number of aryl methyl sites for hydroxylation is 1. The first kappa shape index (κ1) is 16.6. The molecule has 2 unspecified atom stereocenters. The van der Waals surface area contributed by atoms with Crippen molar-refractivity contribution in [1.82, 2.24) is 15.1 Å². The minimum atomic E-state index is -0.591. The molecule has 7 nitrogen and oxygen atoms in total. The van der Waals surface area contributed by atoms with Crippen LogP contribution in [-0.2, 0) is 6.42 Å². The molecular formula is C21H18N4O3. The average Bonchev–Trinajstić information content (AvgIpc) is 3.42. The molecule has 28 heavy (non-hydrogen) atoms. The van der Waals surface area contributed by atoms with E-state index in [1.54, 1.807) is 18.6 Å². The third-order valence-corrected chi connectivity index (χ3v) is 5.14. The van der Waals surface area contributed by atoms with E-state index in [0.717, 1.165) is 23.4 Å². The SMILES string of the molecule is Cc1ccc2c(c1)NC(c1ccoc1)C2Cc1cccc(-c2noc(=O)[nH]2)n1. The second-order valence-corrected chi connectivity index (χ2v) is 7.04. The van der Waals surface area contributed by atoms with Crippen molar-refractivity contribution in [3.63, 3.8) is 0 Å². The largest absolute Gasteiger partial charge is 0.472 e. The zero-order chi connectivity index (χ0) is 19.1. The normalized spacial score (nSPS) is 18.0. The van der Waals surface area contributed by atoms with Crippen LogP contribution in [0.25, 0.3) is 11.5 Å². The molecule has 140 valence electrons. The van der Waals surface area contributed by atoms with Crippen LogP contribution in [0.5, 0.6) is 0 Å². The van der Waals surface area contributed by atoms with E-state index in [2.05, 4.69) is 50.1 Å². The van der Waals surface area contributed by atoms with Gasteiger partial charge >= 0.3 is 5.76 Å². The number of rotatable bonds is 4. The van der Waals surface area contributed by atoms with Gasteiger partial charge in [-0.15, -0.1) is 0 Å². The molecule has 2 atom stereocenters. The number of fused-ring (bicyclic) bond motifs is 1. The highest BCUT2D eigenvalue weighted by atomic mass is 16.5. The minimum absolute atomic E-state index is 0.105. The molecular weight excluding hydrogens is 356 g/mol. The van der Waals surface area contributed by atoms with Gasteiger partial charge < -0.3 is 9.73 Å². The van der Waals surface area contributed by atoms with Crippen LogP contribution >= 0.6 is 0 Å². The number of hydrogen-bond donors (Lipinski definition) is 2. The number of aromatic nitrogens is 3.